The van der Waals surface area contributed by atoms with Crippen LogP contribution in [-0.2, 0) is 11.2 Å². The third-order valence-electron chi connectivity index (χ3n) is 5.32. The van der Waals surface area contributed by atoms with Gasteiger partial charge >= 0.3 is 0 Å². The highest BCUT2D eigenvalue weighted by molar-refractivity contribution is 7.10. The smallest absolute Gasteiger partial charge is 0.227 e. The molecule has 1 aliphatic heterocycles. The lowest BCUT2D eigenvalue weighted by molar-refractivity contribution is -0.131. The molecule has 0 atom stereocenters. The Morgan fingerprint density at radius 3 is 2.57 bits per heavy atom. The lowest BCUT2D eigenvalue weighted by Crippen LogP contribution is -2.38. The molecule has 1 amide bonds. The molecule has 0 N–H and O–H groups in total. The number of halogens is 4. The number of aromatic nitrogens is 1. The monoisotopic (exact) mass is 482 g/mol. The normalized spacial score (nSPS) is 14.9. The number of hydrogen-bond acceptors (Lipinski definition) is 3. The van der Waals surface area contributed by atoms with Gasteiger partial charge in [-0.05, 0) is 37.1 Å². The van der Waals surface area contributed by atoms with E-state index in [1.54, 1.807) is 28.4 Å². The third-order valence-corrected chi connectivity index (χ3v) is 7.42. The summed E-state index contributed by atoms with van der Waals surface area (Å²) in [6, 6.07) is 9.96. The maximum atomic E-state index is 14.0. The Hall–Kier alpha value is -1.66. The van der Waals surface area contributed by atoms with Crippen LogP contribution in [0.4, 0.5) is 4.39 Å². The van der Waals surface area contributed by atoms with Gasteiger partial charge in [-0.25, -0.2) is 9.37 Å². The molecule has 1 aliphatic rings. The summed E-state index contributed by atoms with van der Waals surface area (Å²) >= 11 is 19.8. The second-order valence-electron chi connectivity index (χ2n) is 7.23. The first-order valence-electron chi connectivity index (χ1n) is 9.54. The zero-order valence-corrected chi connectivity index (χ0v) is 19.0. The van der Waals surface area contributed by atoms with Gasteiger partial charge in [0.05, 0.1) is 27.2 Å². The molecule has 1 aromatic heterocycles. The number of carbonyl (C=O) groups excluding carboxylic acids is 1. The minimum absolute atomic E-state index is 0.0189. The lowest BCUT2D eigenvalue weighted by Gasteiger charge is -2.31. The molecular formula is C22H18Cl3FN2OS. The molecule has 2 heterocycles. The number of nitrogens with zero attached hydrogens (tertiary/aromatic N) is 2. The number of likely N-dealkylation sites (tertiary alicyclic amines) is 1. The van der Waals surface area contributed by atoms with Crippen LogP contribution in [0.3, 0.4) is 0 Å². The van der Waals surface area contributed by atoms with Crippen LogP contribution in [0.5, 0.6) is 0 Å². The summed E-state index contributed by atoms with van der Waals surface area (Å²) in [5.74, 6) is -0.243. The largest absolute Gasteiger partial charge is 0.342 e. The van der Waals surface area contributed by atoms with Crippen molar-refractivity contribution in [2.75, 3.05) is 13.1 Å². The molecule has 3 nitrogen and oxygen atoms in total. The van der Waals surface area contributed by atoms with Crippen LogP contribution in [0.2, 0.25) is 15.1 Å². The number of benzene rings is 2. The van der Waals surface area contributed by atoms with Gasteiger partial charge in [-0.15, -0.1) is 11.3 Å². The highest BCUT2D eigenvalue weighted by Crippen LogP contribution is 2.35. The first-order valence-corrected chi connectivity index (χ1v) is 11.5. The van der Waals surface area contributed by atoms with E-state index in [9.17, 15) is 9.18 Å². The molecular weight excluding hydrogens is 466 g/mol. The van der Waals surface area contributed by atoms with Crippen molar-refractivity contribution in [3.63, 3.8) is 0 Å². The van der Waals surface area contributed by atoms with E-state index >= 15 is 0 Å². The number of thiazole rings is 1. The van der Waals surface area contributed by atoms with E-state index in [2.05, 4.69) is 0 Å². The van der Waals surface area contributed by atoms with E-state index in [1.165, 1.54) is 12.1 Å². The average Bonchev–Trinajstić information content (AvgIpc) is 3.23. The van der Waals surface area contributed by atoms with E-state index in [-0.39, 0.29) is 22.9 Å². The van der Waals surface area contributed by atoms with E-state index in [0.29, 0.717) is 29.1 Å². The number of carbonyl (C=O) groups is 1. The summed E-state index contributed by atoms with van der Waals surface area (Å²) in [6.07, 6.45) is 1.63. The lowest BCUT2D eigenvalue weighted by atomic mass is 9.97. The minimum atomic E-state index is -0.441. The van der Waals surface area contributed by atoms with E-state index < -0.39 is 5.82 Å². The Morgan fingerprint density at radius 1 is 1.10 bits per heavy atom. The maximum absolute atomic E-state index is 14.0. The molecule has 8 heteroatoms. The van der Waals surface area contributed by atoms with Crippen LogP contribution in [0.25, 0.3) is 11.3 Å². The Morgan fingerprint density at radius 2 is 1.87 bits per heavy atom. The molecule has 30 heavy (non-hydrogen) atoms. The van der Waals surface area contributed by atoms with Crippen LogP contribution in [0.1, 0.15) is 29.3 Å². The minimum Gasteiger partial charge on any atom is -0.342 e. The second kappa shape index (κ2) is 9.23. The third kappa shape index (κ3) is 4.65. The van der Waals surface area contributed by atoms with Crippen LogP contribution in [0, 0.1) is 5.82 Å². The molecule has 1 fully saturated rings. The van der Waals surface area contributed by atoms with Crippen LogP contribution in [0.15, 0.2) is 41.8 Å². The quantitative estimate of drug-likeness (QED) is 0.406. The maximum Gasteiger partial charge on any atom is 0.227 e. The fourth-order valence-corrected chi connectivity index (χ4v) is 5.13. The summed E-state index contributed by atoms with van der Waals surface area (Å²) in [4.78, 5) is 19.2. The van der Waals surface area contributed by atoms with Crippen molar-refractivity contribution in [3.8, 4) is 11.3 Å². The summed E-state index contributed by atoms with van der Waals surface area (Å²) in [5, 5.41) is 4.39. The van der Waals surface area contributed by atoms with Gasteiger partial charge in [0.25, 0.3) is 0 Å². The molecule has 0 radical (unpaired) electrons. The number of piperidine rings is 1. The highest BCUT2D eigenvalue weighted by Gasteiger charge is 2.26. The Kier molecular flexibility index (Phi) is 6.63. The Balaban J connectivity index is 1.38. The molecule has 1 saturated heterocycles. The fraction of sp³-hybridized carbons (Fsp3) is 0.273. The first kappa shape index (κ1) is 21.6. The molecule has 0 bridgehead atoms. The van der Waals surface area contributed by atoms with Crippen LogP contribution >= 0.6 is 46.1 Å². The molecule has 3 aromatic rings. The van der Waals surface area contributed by atoms with Crippen molar-refractivity contribution in [2.45, 2.75) is 25.2 Å². The fourth-order valence-electron chi connectivity index (χ4n) is 3.60. The van der Waals surface area contributed by atoms with Gasteiger partial charge in [-0.2, -0.15) is 0 Å². The van der Waals surface area contributed by atoms with Gasteiger partial charge in [-0.1, -0.05) is 46.9 Å². The molecule has 0 saturated carbocycles. The SMILES string of the molecule is O=C(Cc1c(F)cccc1Cl)N1CCC(c2nc(-c3ccc(Cl)c(Cl)c3)cs2)CC1. The zero-order chi connectivity index (χ0) is 21.3. The highest BCUT2D eigenvalue weighted by atomic mass is 35.5. The van der Waals surface area contributed by atoms with E-state index in [4.69, 9.17) is 39.8 Å². The van der Waals surface area contributed by atoms with Gasteiger partial charge in [0.1, 0.15) is 5.82 Å². The summed E-state index contributed by atoms with van der Waals surface area (Å²) in [6.45, 7) is 1.24. The Labute approximate surface area is 193 Å². The predicted molar refractivity (Wildman–Crippen MR) is 121 cm³/mol. The zero-order valence-electron chi connectivity index (χ0n) is 15.9. The number of rotatable bonds is 4. The van der Waals surface area contributed by atoms with Crippen molar-refractivity contribution in [2.24, 2.45) is 0 Å². The molecule has 0 unspecified atom stereocenters. The first-order chi connectivity index (χ1) is 14.4. The van der Waals surface area contributed by atoms with Gasteiger partial charge in [-0.3, -0.25) is 4.79 Å². The summed E-state index contributed by atoms with van der Waals surface area (Å²) in [7, 11) is 0. The molecule has 0 aliphatic carbocycles. The summed E-state index contributed by atoms with van der Waals surface area (Å²) < 4.78 is 14.0. The van der Waals surface area contributed by atoms with Crippen LogP contribution in [-0.4, -0.2) is 28.9 Å². The standard InChI is InChI=1S/C22H18Cl3FN2OS/c23-16-2-1-3-19(26)15(16)11-21(29)28-8-6-13(7-9-28)22-27-20(12-30-22)14-4-5-17(24)18(25)10-14/h1-5,10,12-13H,6-9,11H2. The van der Waals surface area contributed by atoms with Crippen molar-refractivity contribution >= 4 is 52.0 Å². The van der Waals surface area contributed by atoms with Crippen molar-refractivity contribution < 1.29 is 9.18 Å². The van der Waals surface area contributed by atoms with E-state index in [0.717, 1.165) is 29.1 Å². The number of amides is 1. The van der Waals surface area contributed by atoms with Crippen molar-refractivity contribution in [1.29, 1.82) is 0 Å². The summed E-state index contributed by atoms with van der Waals surface area (Å²) in [5.41, 5.74) is 2.07. The predicted octanol–water partition coefficient (Wildman–Crippen LogP) is 6.86. The molecule has 2 aromatic carbocycles. The topological polar surface area (TPSA) is 33.2 Å². The van der Waals surface area contributed by atoms with Crippen LogP contribution < -0.4 is 0 Å². The molecule has 0 spiro atoms. The second-order valence-corrected chi connectivity index (χ2v) is 9.34. The van der Waals surface area contributed by atoms with E-state index in [1.807, 2.05) is 17.5 Å². The number of hydrogen-bond donors (Lipinski definition) is 0. The van der Waals surface area contributed by atoms with Gasteiger partial charge in [0.2, 0.25) is 5.91 Å². The molecule has 4 rings (SSSR count). The Bertz CT molecular complexity index is 1060. The molecule has 156 valence electrons. The van der Waals surface area contributed by atoms with Crippen molar-refractivity contribution in [3.05, 3.63) is 73.2 Å². The van der Waals surface area contributed by atoms with Crippen molar-refractivity contribution in [1.82, 2.24) is 9.88 Å². The van der Waals surface area contributed by atoms with Gasteiger partial charge < -0.3 is 4.90 Å². The van der Waals surface area contributed by atoms with Gasteiger partial charge in [0, 0.05) is 40.5 Å². The average molecular weight is 484 g/mol. The van der Waals surface area contributed by atoms with Gasteiger partial charge in [0.15, 0.2) is 0 Å².